The Kier molecular flexibility index (Phi) is 7.37. The van der Waals surface area contributed by atoms with E-state index in [1.807, 2.05) is 0 Å². The topological polar surface area (TPSA) is 102 Å². The first-order chi connectivity index (χ1) is 15.3. The van der Waals surface area contributed by atoms with Gasteiger partial charge in [-0.3, -0.25) is 24.1 Å². The van der Waals surface area contributed by atoms with Crippen LogP contribution in [0.3, 0.4) is 0 Å². The molecule has 0 bridgehead atoms. The zero-order chi connectivity index (χ0) is 23.3. The molecule has 0 aliphatic carbocycles. The fourth-order valence-electron chi connectivity index (χ4n) is 3.01. The quantitative estimate of drug-likeness (QED) is 0.448. The van der Waals surface area contributed by atoms with Crippen LogP contribution in [-0.4, -0.2) is 48.4 Å². The lowest BCUT2D eigenvalue weighted by Gasteiger charge is -2.13. The molecule has 168 valence electrons. The van der Waals surface area contributed by atoms with E-state index >= 15 is 0 Å². The van der Waals surface area contributed by atoms with Gasteiger partial charge < -0.3 is 14.8 Å². The number of halogens is 3. The number of esters is 1. The fraction of sp³-hybridized carbons (Fsp3) is 0.238. The van der Waals surface area contributed by atoms with E-state index < -0.39 is 36.9 Å². The van der Waals surface area contributed by atoms with Crippen molar-refractivity contribution in [2.45, 2.75) is 19.5 Å². The van der Waals surface area contributed by atoms with Gasteiger partial charge in [0.15, 0.2) is 6.61 Å². The molecule has 0 saturated carbocycles. The summed E-state index contributed by atoms with van der Waals surface area (Å²) in [5.74, 6) is -2.43. The second-order valence-electron chi connectivity index (χ2n) is 6.64. The third-order valence-electron chi connectivity index (χ3n) is 4.44. The Morgan fingerprint density at radius 2 is 1.72 bits per heavy atom. The van der Waals surface area contributed by atoms with Gasteiger partial charge in [-0.15, -0.1) is 0 Å². The third kappa shape index (κ3) is 5.58. The molecular formula is C21H17ClF2N2O6. The van der Waals surface area contributed by atoms with Crippen LogP contribution in [0.1, 0.15) is 33.6 Å². The summed E-state index contributed by atoms with van der Waals surface area (Å²) < 4.78 is 33.5. The van der Waals surface area contributed by atoms with Gasteiger partial charge in [0, 0.05) is 18.7 Å². The average Bonchev–Trinajstić information content (AvgIpc) is 2.99. The van der Waals surface area contributed by atoms with Crippen LogP contribution < -0.4 is 10.1 Å². The number of anilines is 1. The molecule has 0 radical (unpaired) electrons. The Hall–Kier alpha value is -3.53. The number of nitrogens with one attached hydrogen (secondary N) is 1. The van der Waals surface area contributed by atoms with Gasteiger partial charge in [0.2, 0.25) is 0 Å². The Morgan fingerprint density at radius 3 is 2.31 bits per heavy atom. The summed E-state index contributed by atoms with van der Waals surface area (Å²) in [6, 6.07) is 10.1. The molecule has 11 heteroatoms. The Morgan fingerprint density at radius 1 is 1.06 bits per heavy atom. The van der Waals surface area contributed by atoms with E-state index in [2.05, 4.69) is 10.1 Å². The Balaban J connectivity index is 1.40. The predicted octanol–water partition coefficient (Wildman–Crippen LogP) is 3.50. The Labute approximate surface area is 186 Å². The molecule has 8 nitrogen and oxygen atoms in total. The number of imide groups is 1. The van der Waals surface area contributed by atoms with Gasteiger partial charge in [-0.25, -0.2) is 0 Å². The molecule has 2 aromatic carbocycles. The molecule has 1 heterocycles. The smallest absolute Gasteiger partial charge is 0.387 e. The van der Waals surface area contributed by atoms with Crippen LogP contribution in [0, 0.1) is 0 Å². The summed E-state index contributed by atoms with van der Waals surface area (Å²) in [6.07, 6.45) is 0.0688. The molecule has 0 fully saturated rings. The van der Waals surface area contributed by atoms with Gasteiger partial charge in [0.25, 0.3) is 17.7 Å². The van der Waals surface area contributed by atoms with Crippen molar-refractivity contribution >= 4 is 41.0 Å². The van der Waals surface area contributed by atoms with Crippen molar-refractivity contribution in [3.8, 4) is 5.75 Å². The summed E-state index contributed by atoms with van der Waals surface area (Å²) in [5, 5.41) is 2.27. The zero-order valence-electron chi connectivity index (χ0n) is 16.5. The number of hydrogen-bond donors (Lipinski definition) is 1. The molecule has 1 aliphatic heterocycles. The lowest BCUT2D eigenvalue weighted by molar-refractivity contribution is -0.147. The first-order valence-electron chi connectivity index (χ1n) is 9.41. The number of carbonyl (C=O) groups excluding carboxylic acids is 4. The largest absolute Gasteiger partial charge is 0.456 e. The second kappa shape index (κ2) is 10.2. The van der Waals surface area contributed by atoms with Crippen LogP contribution in [0.15, 0.2) is 42.5 Å². The van der Waals surface area contributed by atoms with E-state index in [1.165, 1.54) is 12.1 Å². The summed E-state index contributed by atoms with van der Waals surface area (Å²) in [6.45, 7) is -3.58. The molecule has 0 spiro atoms. The van der Waals surface area contributed by atoms with Gasteiger partial charge in [-0.05, 0) is 36.8 Å². The number of benzene rings is 2. The highest BCUT2D eigenvalue weighted by Crippen LogP contribution is 2.29. The molecule has 3 amide bonds. The zero-order valence-corrected chi connectivity index (χ0v) is 17.2. The van der Waals surface area contributed by atoms with Gasteiger partial charge in [0.05, 0.1) is 16.1 Å². The normalized spacial score (nSPS) is 12.7. The number of rotatable bonds is 9. The molecule has 2 aromatic rings. The highest BCUT2D eigenvalue weighted by atomic mass is 35.5. The minimum Gasteiger partial charge on any atom is -0.456 e. The summed E-state index contributed by atoms with van der Waals surface area (Å²) >= 11 is 5.80. The first kappa shape index (κ1) is 23.1. The van der Waals surface area contributed by atoms with Crippen molar-refractivity contribution in [1.82, 2.24) is 4.90 Å². The molecule has 0 aromatic heterocycles. The van der Waals surface area contributed by atoms with Crippen LogP contribution in [-0.2, 0) is 14.3 Å². The number of ether oxygens (including phenoxy) is 2. The molecular weight excluding hydrogens is 450 g/mol. The SMILES string of the molecule is O=C(COC(=O)CCCN1C(=O)c2ccccc2C1=O)Nc1ccc(OC(F)F)c(Cl)c1. The van der Waals surface area contributed by atoms with Gasteiger partial charge in [0.1, 0.15) is 5.75 Å². The predicted molar refractivity (Wildman–Crippen MR) is 109 cm³/mol. The van der Waals surface area contributed by atoms with Crippen molar-refractivity contribution in [2.75, 3.05) is 18.5 Å². The highest BCUT2D eigenvalue weighted by molar-refractivity contribution is 6.32. The monoisotopic (exact) mass is 466 g/mol. The van der Waals surface area contributed by atoms with Crippen molar-refractivity contribution in [3.63, 3.8) is 0 Å². The maximum Gasteiger partial charge on any atom is 0.387 e. The van der Waals surface area contributed by atoms with E-state index in [4.69, 9.17) is 16.3 Å². The fourth-order valence-corrected chi connectivity index (χ4v) is 3.23. The van der Waals surface area contributed by atoms with E-state index in [0.717, 1.165) is 11.0 Å². The van der Waals surface area contributed by atoms with E-state index in [-0.39, 0.29) is 35.8 Å². The molecule has 1 aliphatic rings. The number of nitrogens with zero attached hydrogens (tertiary/aromatic N) is 1. The Bertz CT molecular complexity index is 1030. The number of carbonyl (C=O) groups is 4. The second-order valence-corrected chi connectivity index (χ2v) is 7.05. The molecule has 32 heavy (non-hydrogen) atoms. The molecule has 0 atom stereocenters. The van der Waals surface area contributed by atoms with Crippen molar-refractivity contribution in [1.29, 1.82) is 0 Å². The minimum atomic E-state index is -3.04. The van der Waals surface area contributed by atoms with Crippen molar-refractivity contribution < 1.29 is 37.4 Å². The van der Waals surface area contributed by atoms with Crippen molar-refractivity contribution in [2.24, 2.45) is 0 Å². The molecule has 3 rings (SSSR count). The van der Waals surface area contributed by atoms with E-state index in [9.17, 15) is 28.0 Å². The molecule has 0 saturated heterocycles. The lowest BCUT2D eigenvalue weighted by Crippen LogP contribution is -2.31. The van der Waals surface area contributed by atoms with Crippen LogP contribution in [0.5, 0.6) is 5.75 Å². The standard InChI is InChI=1S/C21H17ClF2N2O6/c22-15-10-12(7-8-16(15)32-21(23)24)25-17(27)11-31-18(28)6-3-9-26-19(29)13-4-1-2-5-14(13)20(26)30/h1-2,4-5,7-8,10,21H,3,6,9,11H2,(H,25,27). The van der Waals surface area contributed by atoms with Crippen LogP contribution >= 0.6 is 11.6 Å². The summed E-state index contributed by atoms with van der Waals surface area (Å²) in [7, 11) is 0. The average molecular weight is 467 g/mol. The minimum absolute atomic E-state index is 0.0409. The highest BCUT2D eigenvalue weighted by Gasteiger charge is 2.34. The van der Waals surface area contributed by atoms with Gasteiger partial charge in [-0.1, -0.05) is 23.7 Å². The van der Waals surface area contributed by atoms with Crippen LogP contribution in [0.25, 0.3) is 0 Å². The number of hydrogen-bond acceptors (Lipinski definition) is 6. The van der Waals surface area contributed by atoms with Crippen LogP contribution in [0.4, 0.5) is 14.5 Å². The first-order valence-corrected chi connectivity index (χ1v) is 9.79. The van der Waals surface area contributed by atoms with Crippen molar-refractivity contribution in [3.05, 3.63) is 58.6 Å². The number of alkyl halides is 2. The molecule has 0 unspecified atom stereocenters. The van der Waals surface area contributed by atoms with Gasteiger partial charge >= 0.3 is 12.6 Å². The lowest BCUT2D eigenvalue weighted by atomic mass is 10.1. The maximum atomic E-state index is 12.3. The maximum absolute atomic E-state index is 12.3. The summed E-state index contributed by atoms with van der Waals surface area (Å²) in [5.41, 5.74) is 0.847. The number of fused-ring (bicyclic) bond motifs is 1. The third-order valence-corrected chi connectivity index (χ3v) is 4.73. The van der Waals surface area contributed by atoms with E-state index in [0.29, 0.717) is 11.1 Å². The van der Waals surface area contributed by atoms with E-state index in [1.54, 1.807) is 24.3 Å². The summed E-state index contributed by atoms with van der Waals surface area (Å²) in [4.78, 5) is 49.3. The van der Waals surface area contributed by atoms with Crippen LogP contribution in [0.2, 0.25) is 5.02 Å². The van der Waals surface area contributed by atoms with Gasteiger partial charge in [-0.2, -0.15) is 8.78 Å². The number of amides is 3. The molecule has 1 N–H and O–H groups in total.